The van der Waals surface area contributed by atoms with Crippen molar-refractivity contribution < 1.29 is 14.7 Å². The number of hydrogen-bond acceptors (Lipinski definition) is 4. The molecule has 116 valence electrons. The summed E-state index contributed by atoms with van der Waals surface area (Å²) in [5, 5.41) is 9.36. The van der Waals surface area contributed by atoms with Gasteiger partial charge in [-0.05, 0) is 39.3 Å². The van der Waals surface area contributed by atoms with E-state index >= 15 is 0 Å². The standard InChI is InChI=1S/C15H23N3O3/c1-6-18(7-2)12(19)9-17(5)14-13(15(20)21)10(3)8-11(4)16-14/h8H,6-7,9H2,1-5H3,(H,20,21). The summed E-state index contributed by atoms with van der Waals surface area (Å²) in [6.07, 6.45) is 0. The summed E-state index contributed by atoms with van der Waals surface area (Å²) >= 11 is 0. The van der Waals surface area contributed by atoms with E-state index in [2.05, 4.69) is 4.98 Å². The van der Waals surface area contributed by atoms with Crippen LogP contribution in [0.25, 0.3) is 0 Å². The van der Waals surface area contributed by atoms with Crippen LogP contribution in [0.2, 0.25) is 0 Å². The first-order valence-electron chi connectivity index (χ1n) is 7.02. The van der Waals surface area contributed by atoms with Crippen molar-refractivity contribution in [3.05, 3.63) is 22.9 Å². The van der Waals surface area contributed by atoms with Gasteiger partial charge in [-0.1, -0.05) is 0 Å². The van der Waals surface area contributed by atoms with Gasteiger partial charge in [-0.15, -0.1) is 0 Å². The number of anilines is 1. The minimum atomic E-state index is -1.03. The number of rotatable bonds is 6. The maximum Gasteiger partial charge on any atom is 0.339 e. The van der Waals surface area contributed by atoms with E-state index in [4.69, 9.17) is 0 Å². The first kappa shape index (κ1) is 16.9. The van der Waals surface area contributed by atoms with E-state index in [1.165, 1.54) is 0 Å². The van der Waals surface area contributed by atoms with Gasteiger partial charge in [0.15, 0.2) is 0 Å². The van der Waals surface area contributed by atoms with Crippen LogP contribution in [0.15, 0.2) is 6.07 Å². The summed E-state index contributed by atoms with van der Waals surface area (Å²) in [6.45, 7) is 8.75. The van der Waals surface area contributed by atoms with Crippen LogP contribution in [-0.4, -0.2) is 53.5 Å². The molecule has 1 heterocycles. The number of carboxylic acid groups (broad SMARTS) is 1. The Bertz CT molecular complexity index is 539. The van der Waals surface area contributed by atoms with Gasteiger partial charge < -0.3 is 14.9 Å². The number of carboxylic acids is 1. The van der Waals surface area contributed by atoms with Crippen molar-refractivity contribution in [1.82, 2.24) is 9.88 Å². The summed E-state index contributed by atoms with van der Waals surface area (Å²) in [7, 11) is 1.69. The highest BCUT2D eigenvalue weighted by atomic mass is 16.4. The predicted octanol–water partition coefficient (Wildman–Crippen LogP) is 1.70. The smallest absolute Gasteiger partial charge is 0.339 e. The average molecular weight is 293 g/mol. The molecule has 0 aromatic carbocycles. The zero-order chi connectivity index (χ0) is 16.2. The van der Waals surface area contributed by atoms with E-state index < -0.39 is 5.97 Å². The number of aromatic nitrogens is 1. The van der Waals surface area contributed by atoms with Gasteiger partial charge in [0.2, 0.25) is 5.91 Å². The van der Waals surface area contributed by atoms with Gasteiger partial charge in [0, 0.05) is 25.8 Å². The van der Waals surface area contributed by atoms with Gasteiger partial charge in [-0.2, -0.15) is 0 Å². The topological polar surface area (TPSA) is 73.7 Å². The molecule has 0 unspecified atom stereocenters. The second-order valence-corrected chi connectivity index (χ2v) is 5.01. The Labute approximate surface area is 125 Å². The molecule has 0 aliphatic rings. The van der Waals surface area contributed by atoms with Crippen LogP contribution in [-0.2, 0) is 4.79 Å². The van der Waals surface area contributed by atoms with Gasteiger partial charge in [0.05, 0.1) is 6.54 Å². The highest BCUT2D eigenvalue weighted by molar-refractivity contribution is 5.95. The molecule has 0 fully saturated rings. The van der Waals surface area contributed by atoms with Crippen LogP contribution in [0.5, 0.6) is 0 Å². The number of likely N-dealkylation sites (N-methyl/N-ethyl adjacent to an activating group) is 2. The van der Waals surface area contributed by atoms with E-state index in [-0.39, 0.29) is 18.0 Å². The van der Waals surface area contributed by atoms with E-state index in [1.807, 2.05) is 20.8 Å². The Morgan fingerprint density at radius 1 is 1.24 bits per heavy atom. The maximum absolute atomic E-state index is 12.1. The monoisotopic (exact) mass is 293 g/mol. The van der Waals surface area contributed by atoms with Crippen molar-refractivity contribution in [1.29, 1.82) is 0 Å². The van der Waals surface area contributed by atoms with Gasteiger partial charge in [-0.25, -0.2) is 9.78 Å². The first-order chi connectivity index (χ1) is 9.81. The van der Waals surface area contributed by atoms with Crippen LogP contribution in [0.4, 0.5) is 5.82 Å². The molecule has 1 rings (SSSR count). The molecule has 0 saturated carbocycles. The third kappa shape index (κ3) is 3.93. The molecule has 0 atom stereocenters. The molecule has 6 nitrogen and oxygen atoms in total. The molecular formula is C15H23N3O3. The molecular weight excluding hydrogens is 270 g/mol. The lowest BCUT2D eigenvalue weighted by Crippen LogP contribution is -2.39. The number of amides is 1. The van der Waals surface area contributed by atoms with Crippen molar-refractivity contribution in [3.8, 4) is 0 Å². The molecule has 1 N–H and O–H groups in total. The maximum atomic E-state index is 12.1. The molecule has 21 heavy (non-hydrogen) atoms. The number of carbonyl (C=O) groups excluding carboxylic acids is 1. The normalized spacial score (nSPS) is 10.3. The largest absolute Gasteiger partial charge is 0.478 e. The Kier molecular flexibility index (Phi) is 5.69. The fourth-order valence-electron chi connectivity index (χ4n) is 2.31. The SMILES string of the molecule is CCN(CC)C(=O)CN(C)c1nc(C)cc(C)c1C(=O)O. The summed E-state index contributed by atoms with van der Waals surface area (Å²) in [5.74, 6) is -0.738. The zero-order valence-electron chi connectivity index (χ0n) is 13.3. The van der Waals surface area contributed by atoms with E-state index in [0.717, 1.165) is 5.69 Å². The molecule has 0 spiro atoms. The first-order valence-corrected chi connectivity index (χ1v) is 7.02. The van der Waals surface area contributed by atoms with Crippen molar-refractivity contribution in [2.45, 2.75) is 27.7 Å². The molecule has 1 aromatic rings. The second kappa shape index (κ2) is 7.06. The molecule has 6 heteroatoms. The van der Waals surface area contributed by atoms with Gasteiger partial charge in [-0.3, -0.25) is 4.79 Å². The molecule has 0 aliphatic carbocycles. The zero-order valence-corrected chi connectivity index (χ0v) is 13.3. The van der Waals surface area contributed by atoms with Crippen LogP contribution in [0.1, 0.15) is 35.5 Å². The molecule has 1 amide bonds. The number of carbonyl (C=O) groups is 2. The predicted molar refractivity (Wildman–Crippen MR) is 81.9 cm³/mol. The summed E-state index contributed by atoms with van der Waals surface area (Å²) in [6, 6.07) is 1.73. The van der Waals surface area contributed by atoms with Gasteiger partial charge in [0.25, 0.3) is 0 Å². The third-order valence-corrected chi connectivity index (χ3v) is 3.39. The Morgan fingerprint density at radius 3 is 2.29 bits per heavy atom. The summed E-state index contributed by atoms with van der Waals surface area (Å²) in [5.41, 5.74) is 1.53. The lowest BCUT2D eigenvalue weighted by Gasteiger charge is -2.25. The van der Waals surface area contributed by atoms with E-state index in [1.54, 1.807) is 29.8 Å². The van der Waals surface area contributed by atoms with Crippen molar-refractivity contribution >= 4 is 17.7 Å². The highest BCUT2D eigenvalue weighted by Gasteiger charge is 2.21. The molecule has 0 bridgehead atoms. The van der Waals surface area contributed by atoms with Crippen LogP contribution in [0, 0.1) is 13.8 Å². The highest BCUT2D eigenvalue weighted by Crippen LogP contribution is 2.21. The van der Waals surface area contributed by atoms with E-state index in [0.29, 0.717) is 24.5 Å². The molecule has 0 radical (unpaired) electrons. The molecule has 0 aliphatic heterocycles. The number of nitrogens with zero attached hydrogens (tertiary/aromatic N) is 3. The van der Waals surface area contributed by atoms with E-state index in [9.17, 15) is 14.7 Å². The molecule has 0 saturated heterocycles. The summed E-state index contributed by atoms with van der Waals surface area (Å²) in [4.78, 5) is 31.2. The minimum absolute atomic E-state index is 0.0419. The lowest BCUT2D eigenvalue weighted by atomic mass is 10.1. The Hall–Kier alpha value is -2.11. The number of pyridine rings is 1. The van der Waals surface area contributed by atoms with Crippen LogP contribution < -0.4 is 4.90 Å². The van der Waals surface area contributed by atoms with Crippen LogP contribution in [0.3, 0.4) is 0 Å². The second-order valence-electron chi connectivity index (χ2n) is 5.01. The van der Waals surface area contributed by atoms with Crippen molar-refractivity contribution in [2.24, 2.45) is 0 Å². The lowest BCUT2D eigenvalue weighted by molar-refractivity contribution is -0.129. The van der Waals surface area contributed by atoms with Gasteiger partial charge in [0.1, 0.15) is 11.4 Å². The Morgan fingerprint density at radius 2 is 1.81 bits per heavy atom. The van der Waals surface area contributed by atoms with Gasteiger partial charge >= 0.3 is 5.97 Å². The third-order valence-electron chi connectivity index (χ3n) is 3.39. The quantitative estimate of drug-likeness (QED) is 0.864. The number of aryl methyl sites for hydroxylation is 2. The summed E-state index contributed by atoms with van der Waals surface area (Å²) < 4.78 is 0. The van der Waals surface area contributed by atoms with Crippen molar-refractivity contribution in [2.75, 3.05) is 31.6 Å². The fraction of sp³-hybridized carbons (Fsp3) is 0.533. The number of aromatic carboxylic acids is 1. The van der Waals surface area contributed by atoms with Crippen LogP contribution >= 0.6 is 0 Å². The molecule has 1 aromatic heterocycles. The minimum Gasteiger partial charge on any atom is -0.478 e. The van der Waals surface area contributed by atoms with Crippen molar-refractivity contribution in [3.63, 3.8) is 0 Å². The Balaban J connectivity index is 3.10. The fourth-order valence-corrected chi connectivity index (χ4v) is 2.31. The number of hydrogen-bond donors (Lipinski definition) is 1. The average Bonchev–Trinajstić information content (AvgIpc) is 2.38.